The quantitative estimate of drug-likeness (QED) is 0.647. The second-order valence-corrected chi connectivity index (χ2v) is 6.19. The number of rotatable bonds is 2. The van der Waals surface area contributed by atoms with E-state index in [4.69, 9.17) is 11.6 Å². The number of carbonyl (C=O) groups is 1. The third-order valence-electron chi connectivity index (χ3n) is 2.34. The van der Waals surface area contributed by atoms with E-state index in [2.05, 4.69) is 15.9 Å². The van der Waals surface area contributed by atoms with Gasteiger partial charge >= 0.3 is 6.18 Å². The highest BCUT2D eigenvalue weighted by atomic mass is 79.9. The molecule has 2 aromatic rings. The first-order chi connectivity index (χ1) is 8.79. The standard InChI is InChI=1S/C12H5BrClF3OS/c13-8-2-1-6(12(15,16)17)5-7(8)11(18)9-3-4-10(14)19-9/h1-5H. The molecule has 0 spiro atoms. The summed E-state index contributed by atoms with van der Waals surface area (Å²) in [6, 6.07) is 5.98. The highest BCUT2D eigenvalue weighted by molar-refractivity contribution is 9.10. The Morgan fingerprint density at radius 1 is 1.21 bits per heavy atom. The minimum absolute atomic E-state index is 0.0339. The predicted octanol–water partition coefficient (Wildman–Crippen LogP) is 5.41. The van der Waals surface area contributed by atoms with Crippen LogP contribution in [-0.2, 0) is 6.18 Å². The number of hydrogen-bond donors (Lipinski definition) is 0. The van der Waals surface area contributed by atoms with Crippen LogP contribution in [-0.4, -0.2) is 5.78 Å². The number of hydrogen-bond acceptors (Lipinski definition) is 2. The zero-order chi connectivity index (χ0) is 14.2. The number of alkyl halides is 3. The Hall–Kier alpha value is -0.850. The summed E-state index contributed by atoms with van der Waals surface area (Å²) in [6.45, 7) is 0. The van der Waals surface area contributed by atoms with Crippen molar-refractivity contribution in [2.75, 3.05) is 0 Å². The van der Waals surface area contributed by atoms with Crippen LogP contribution in [0.1, 0.15) is 20.8 Å². The Morgan fingerprint density at radius 2 is 1.89 bits per heavy atom. The van der Waals surface area contributed by atoms with Gasteiger partial charge in [0.2, 0.25) is 5.78 Å². The van der Waals surface area contributed by atoms with Crippen molar-refractivity contribution in [2.45, 2.75) is 6.18 Å². The van der Waals surface area contributed by atoms with Crippen LogP contribution < -0.4 is 0 Å². The molecule has 0 saturated heterocycles. The Morgan fingerprint density at radius 3 is 2.42 bits per heavy atom. The molecule has 0 N–H and O–H groups in total. The summed E-state index contributed by atoms with van der Waals surface area (Å²) in [7, 11) is 0. The second kappa shape index (κ2) is 5.26. The van der Waals surface area contributed by atoms with E-state index >= 15 is 0 Å². The molecule has 1 aromatic heterocycles. The monoisotopic (exact) mass is 368 g/mol. The van der Waals surface area contributed by atoms with Gasteiger partial charge in [0.1, 0.15) is 0 Å². The van der Waals surface area contributed by atoms with Crippen LogP contribution in [0.4, 0.5) is 13.2 Å². The molecule has 1 heterocycles. The van der Waals surface area contributed by atoms with Crippen molar-refractivity contribution in [3.8, 4) is 0 Å². The smallest absolute Gasteiger partial charge is 0.288 e. The summed E-state index contributed by atoms with van der Waals surface area (Å²) in [5.41, 5.74) is -0.893. The highest BCUT2D eigenvalue weighted by Gasteiger charge is 2.31. The molecule has 0 aliphatic rings. The van der Waals surface area contributed by atoms with Gasteiger partial charge in [-0.3, -0.25) is 4.79 Å². The van der Waals surface area contributed by atoms with Crippen LogP contribution in [0, 0.1) is 0 Å². The molecule has 1 nitrogen and oxygen atoms in total. The van der Waals surface area contributed by atoms with Crippen molar-refractivity contribution in [1.82, 2.24) is 0 Å². The SMILES string of the molecule is O=C(c1ccc(Cl)s1)c1cc(C(F)(F)F)ccc1Br. The first-order valence-electron chi connectivity index (χ1n) is 4.96. The molecule has 0 saturated carbocycles. The third-order valence-corrected chi connectivity index (χ3v) is 4.26. The van der Waals surface area contributed by atoms with E-state index in [1.54, 1.807) is 0 Å². The molecule has 0 fully saturated rings. The van der Waals surface area contributed by atoms with Gasteiger partial charge in [-0.1, -0.05) is 27.5 Å². The minimum Gasteiger partial charge on any atom is -0.288 e. The molecule has 2 rings (SSSR count). The van der Waals surface area contributed by atoms with Crippen LogP contribution in [0.25, 0.3) is 0 Å². The first-order valence-corrected chi connectivity index (χ1v) is 6.94. The lowest BCUT2D eigenvalue weighted by molar-refractivity contribution is -0.137. The van der Waals surface area contributed by atoms with Gasteiger partial charge in [-0.05, 0) is 30.3 Å². The number of benzene rings is 1. The molecule has 0 unspecified atom stereocenters. The molecule has 0 atom stereocenters. The van der Waals surface area contributed by atoms with E-state index in [1.807, 2.05) is 0 Å². The van der Waals surface area contributed by atoms with Gasteiger partial charge in [0.15, 0.2) is 0 Å². The van der Waals surface area contributed by atoms with Gasteiger partial charge in [0.25, 0.3) is 0 Å². The normalized spacial score (nSPS) is 11.6. The fourth-order valence-corrected chi connectivity index (χ4v) is 2.87. The van der Waals surface area contributed by atoms with Crippen molar-refractivity contribution in [1.29, 1.82) is 0 Å². The van der Waals surface area contributed by atoms with Gasteiger partial charge in [-0.25, -0.2) is 0 Å². The first kappa shape index (κ1) is 14.6. The summed E-state index contributed by atoms with van der Waals surface area (Å²) in [5, 5.41) is 0. The summed E-state index contributed by atoms with van der Waals surface area (Å²) in [6.07, 6.45) is -4.48. The molecule has 100 valence electrons. The fourth-order valence-electron chi connectivity index (χ4n) is 1.44. The molecular weight excluding hydrogens is 365 g/mol. The zero-order valence-electron chi connectivity index (χ0n) is 9.09. The van der Waals surface area contributed by atoms with E-state index < -0.39 is 17.5 Å². The molecule has 0 bridgehead atoms. The van der Waals surface area contributed by atoms with Crippen LogP contribution in [0.5, 0.6) is 0 Å². The maximum atomic E-state index is 12.6. The molecular formula is C12H5BrClF3OS. The van der Waals surface area contributed by atoms with Crippen LogP contribution >= 0.6 is 38.9 Å². The summed E-state index contributed by atoms with van der Waals surface area (Å²) in [5.74, 6) is -0.491. The fraction of sp³-hybridized carbons (Fsp3) is 0.0833. The molecule has 7 heteroatoms. The highest BCUT2D eigenvalue weighted by Crippen LogP contribution is 2.33. The van der Waals surface area contributed by atoms with E-state index in [9.17, 15) is 18.0 Å². The lowest BCUT2D eigenvalue weighted by Gasteiger charge is -2.09. The van der Waals surface area contributed by atoms with Gasteiger partial charge in [0, 0.05) is 10.0 Å². The van der Waals surface area contributed by atoms with Crippen molar-refractivity contribution < 1.29 is 18.0 Å². The van der Waals surface area contributed by atoms with E-state index in [1.165, 1.54) is 18.2 Å². The summed E-state index contributed by atoms with van der Waals surface area (Å²) >= 11 is 9.82. The van der Waals surface area contributed by atoms with Crippen LogP contribution in [0.15, 0.2) is 34.8 Å². The molecule has 0 aliphatic carbocycles. The minimum atomic E-state index is -4.48. The molecule has 0 radical (unpaired) electrons. The molecule has 19 heavy (non-hydrogen) atoms. The Balaban J connectivity index is 2.47. The second-order valence-electron chi connectivity index (χ2n) is 3.63. The molecule has 0 amide bonds. The van der Waals surface area contributed by atoms with Gasteiger partial charge in [-0.15, -0.1) is 11.3 Å². The van der Waals surface area contributed by atoms with E-state index in [0.29, 0.717) is 13.7 Å². The average molecular weight is 370 g/mol. The maximum absolute atomic E-state index is 12.6. The Kier molecular flexibility index (Phi) is 4.03. The number of halogens is 5. The van der Waals surface area contributed by atoms with E-state index in [0.717, 1.165) is 23.5 Å². The van der Waals surface area contributed by atoms with Crippen molar-refractivity contribution in [3.05, 3.63) is 55.1 Å². The maximum Gasteiger partial charge on any atom is 0.416 e. The number of thiophene rings is 1. The van der Waals surface area contributed by atoms with Crippen molar-refractivity contribution in [2.24, 2.45) is 0 Å². The largest absolute Gasteiger partial charge is 0.416 e. The molecule has 0 aliphatic heterocycles. The Labute approximate surface area is 124 Å². The number of ketones is 1. The Bertz CT molecular complexity index is 636. The zero-order valence-corrected chi connectivity index (χ0v) is 12.3. The summed E-state index contributed by atoms with van der Waals surface area (Å²) in [4.78, 5) is 12.4. The van der Waals surface area contributed by atoms with Crippen molar-refractivity contribution >= 4 is 44.7 Å². The third kappa shape index (κ3) is 3.19. The van der Waals surface area contributed by atoms with Gasteiger partial charge < -0.3 is 0 Å². The van der Waals surface area contributed by atoms with Crippen LogP contribution in [0.3, 0.4) is 0 Å². The van der Waals surface area contributed by atoms with E-state index in [-0.39, 0.29) is 5.56 Å². The molecule has 1 aromatic carbocycles. The summed E-state index contributed by atoms with van der Waals surface area (Å²) < 4.78 is 38.6. The van der Waals surface area contributed by atoms with Gasteiger partial charge in [-0.2, -0.15) is 13.2 Å². The lowest BCUT2D eigenvalue weighted by Crippen LogP contribution is -2.08. The van der Waals surface area contributed by atoms with Gasteiger partial charge in [0.05, 0.1) is 14.8 Å². The topological polar surface area (TPSA) is 17.1 Å². The predicted molar refractivity (Wildman–Crippen MR) is 71.9 cm³/mol. The number of carbonyl (C=O) groups excluding carboxylic acids is 1. The van der Waals surface area contributed by atoms with Crippen molar-refractivity contribution in [3.63, 3.8) is 0 Å². The lowest BCUT2D eigenvalue weighted by atomic mass is 10.1. The average Bonchev–Trinajstić information content (AvgIpc) is 2.74. The van der Waals surface area contributed by atoms with Crippen LogP contribution in [0.2, 0.25) is 4.34 Å².